The summed E-state index contributed by atoms with van der Waals surface area (Å²) in [6.45, 7) is 11.0. The van der Waals surface area contributed by atoms with E-state index < -0.39 is 0 Å². The van der Waals surface area contributed by atoms with Crippen LogP contribution < -0.4 is 5.32 Å². The van der Waals surface area contributed by atoms with Crippen LogP contribution in [0.4, 0.5) is 5.69 Å². The number of benzene rings is 1. The third-order valence-electron chi connectivity index (χ3n) is 2.65. The first-order chi connectivity index (χ1) is 8.86. The summed E-state index contributed by atoms with van der Waals surface area (Å²) in [5.41, 5.74) is 2.94. The molecule has 19 heavy (non-hydrogen) atoms. The molecule has 0 saturated heterocycles. The summed E-state index contributed by atoms with van der Waals surface area (Å²) < 4.78 is 0.856. The van der Waals surface area contributed by atoms with E-state index in [1.165, 1.54) is 6.08 Å². The first kappa shape index (κ1) is 16.0. The Balaban J connectivity index is 3.04. The third-order valence-corrected chi connectivity index (χ3v) is 3.42. The molecular formula is C15H15ClNOV-. The normalized spacial score (nSPS) is 11.5. The van der Waals surface area contributed by atoms with Gasteiger partial charge in [-0.3, -0.25) is 0 Å². The zero-order valence-electron chi connectivity index (χ0n) is 11.1. The molecule has 1 N–H and O–H groups in total. The molecule has 0 radical (unpaired) electrons. The number of aryl methyl sites for hydroxylation is 1. The number of anilines is 1. The topological polar surface area (TPSA) is 29.1 Å². The van der Waals surface area contributed by atoms with Crippen molar-refractivity contribution < 1.29 is 21.8 Å². The summed E-state index contributed by atoms with van der Waals surface area (Å²) in [4.78, 5) is 12.2. The van der Waals surface area contributed by atoms with Gasteiger partial charge in [0.15, 0.2) is 0 Å². The molecule has 0 aromatic heterocycles. The van der Waals surface area contributed by atoms with Gasteiger partial charge in [-0.1, -0.05) is 0 Å². The molecule has 1 rings (SSSR count). The summed E-state index contributed by atoms with van der Waals surface area (Å²) in [5.74, 6) is -0.181. The maximum absolute atomic E-state index is 12.2. The zero-order chi connectivity index (χ0) is 14.6. The van der Waals surface area contributed by atoms with Crippen molar-refractivity contribution in [2.45, 2.75) is 20.8 Å². The van der Waals surface area contributed by atoms with Gasteiger partial charge in [-0.2, -0.15) is 0 Å². The van der Waals surface area contributed by atoms with Gasteiger partial charge in [-0.15, -0.1) is 0 Å². The molecule has 2 nitrogen and oxygen atoms in total. The standard InChI is InChI=1S/C15H15ClNO.V/c1-5-10(3)13(6-2)15(18)17-12-7-8-14(16)11(4)9-12;/h1,5,7-9H,2-4H3,(H,17,18);/q-1;. The average Bonchev–Trinajstić information content (AvgIpc) is 2.33. The van der Waals surface area contributed by atoms with Crippen molar-refractivity contribution in [1.82, 2.24) is 0 Å². The van der Waals surface area contributed by atoms with Crippen molar-refractivity contribution >= 4 is 27.4 Å². The Morgan fingerprint density at radius 1 is 1.42 bits per heavy atom. The number of halogens is 1. The van der Waals surface area contributed by atoms with Crippen LogP contribution in [0.5, 0.6) is 0 Å². The number of allylic oxidation sites excluding steroid dienone is 2. The second-order valence-electron chi connectivity index (χ2n) is 4.23. The Bertz CT molecular complexity index is 576. The molecule has 0 atom stereocenters. The average molecular weight is 312 g/mol. The monoisotopic (exact) mass is 311 g/mol. The second kappa shape index (κ2) is 6.90. The quantitative estimate of drug-likeness (QED) is 0.513. The predicted octanol–water partition coefficient (Wildman–Crippen LogP) is 3.63. The van der Waals surface area contributed by atoms with Crippen LogP contribution in [0.15, 0.2) is 35.4 Å². The second-order valence-corrected chi connectivity index (χ2v) is 5.68. The van der Waals surface area contributed by atoms with Crippen molar-refractivity contribution in [3.63, 3.8) is 0 Å². The fourth-order valence-electron chi connectivity index (χ4n) is 1.63. The Kier molecular flexibility index (Phi) is 5.80. The summed E-state index contributed by atoms with van der Waals surface area (Å²) in [6.07, 6.45) is 1.43. The number of rotatable bonds is 4. The molecular weight excluding hydrogens is 297 g/mol. The van der Waals surface area contributed by atoms with Crippen molar-refractivity contribution in [3.8, 4) is 0 Å². The number of hydrogen-bond acceptors (Lipinski definition) is 1. The first-order valence-corrected chi connectivity index (χ1v) is 6.80. The van der Waals surface area contributed by atoms with Gasteiger partial charge in [0.25, 0.3) is 0 Å². The molecule has 0 aliphatic heterocycles. The van der Waals surface area contributed by atoms with Crippen LogP contribution in [0.3, 0.4) is 0 Å². The summed E-state index contributed by atoms with van der Waals surface area (Å²) in [6, 6.07) is 5.36. The number of hydrogen-bond donors (Lipinski definition) is 1. The summed E-state index contributed by atoms with van der Waals surface area (Å²) in [5, 5.41) is 3.52. The number of nitrogens with one attached hydrogen (secondary N) is 1. The van der Waals surface area contributed by atoms with Crippen molar-refractivity contribution in [3.05, 3.63) is 52.6 Å². The molecule has 0 bridgehead atoms. The van der Waals surface area contributed by atoms with Gasteiger partial charge in [0, 0.05) is 0 Å². The molecule has 0 unspecified atom stereocenters. The molecule has 0 fully saturated rings. The number of amides is 1. The Hall–Kier alpha value is -1.09. The SMILES string of the molecule is [CH-]=CC(C)=C(C(=O)Nc1ccc(Cl)c(C)c1)[C](C)=[V]. The van der Waals surface area contributed by atoms with E-state index >= 15 is 0 Å². The van der Waals surface area contributed by atoms with Crippen molar-refractivity contribution in [2.24, 2.45) is 0 Å². The van der Waals surface area contributed by atoms with Gasteiger partial charge in [0.1, 0.15) is 0 Å². The fourth-order valence-corrected chi connectivity index (χ4v) is 2.18. The van der Waals surface area contributed by atoms with Gasteiger partial charge in [-0.25, -0.2) is 0 Å². The van der Waals surface area contributed by atoms with Gasteiger partial charge < -0.3 is 0 Å². The zero-order valence-corrected chi connectivity index (χ0v) is 13.3. The fraction of sp³-hybridized carbons (Fsp3) is 0.200. The van der Waals surface area contributed by atoms with E-state index in [1.807, 2.05) is 19.9 Å². The van der Waals surface area contributed by atoms with Gasteiger partial charge >= 0.3 is 128 Å². The van der Waals surface area contributed by atoms with Crippen LogP contribution in [0, 0.1) is 13.5 Å². The van der Waals surface area contributed by atoms with Crippen LogP contribution in [0.25, 0.3) is 0 Å². The molecule has 1 aromatic carbocycles. The minimum atomic E-state index is -0.181. The molecule has 0 heterocycles. The van der Waals surface area contributed by atoms with Crippen LogP contribution in [0.2, 0.25) is 5.02 Å². The molecule has 1 amide bonds. The van der Waals surface area contributed by atoms with Crippen LogP contribution >= 0.6 is 11.6 Å². The minimum absolute atomic E-state index is 0.181. The molecule has 0 saturated carbocycles. The number of carbonyl (C=O) groups excluding carboxylic acids is 1. The molecule has 4 heteroatoms. The van der Waals surface area contributed by atoms with Gasteiger partial charge in [0.2, 0.25) is 0 Å². The van der Waals surface area contributed by atoms with Crippen LogP contribution in [0.1, 0.15) is 19.4 Å². The Morgan fingerprint density at radius 2 is 2.05 bits per heavy atom. The van der Waals surface area contributed by atoms with E-state index in [0.29, 0.717) is 16.3 Å². The van der Waals surface area contributed by atoms with Crippen molar-refractivity contribution in [1.29, 1.82) is 0 Å². The van der Waals surface area contributed by atoms with E-state index in [1.54, 1.807) is 19.1 Å². The van der Waals surface area contributed by atoms with Crippen LogP contribution in [-0.4, -0.2) is 10.1 Å². The molecule has 0 aliphatic rings. The van der Waals surface area contributed by atoms with E-state index in [-0.39, 0.29) is 5.91 Å². The van der Waals surface area contributed by atoms with E-state index in [2.05, 4.69) is 22.3 Å². The molecule has 99 valence electrons. The first-order valence-electron chi connectivity index (χ1n) is 5.73. The molecule has 0 spiro atoms. The summed E-state index contributed by atoms with van der Waals surface area (Å²) in [7, 11) is 0. The third kappa shape index (κ3) is 4.20. The van der Waals surface area contributed by atoms with E-state index in [9.17, 15) is 4.79 Å². The van der Waals surface area contributed by atoms with Gasteiger partial charge in [0.05, 0.1) is 0 Å². The van der Waals surface area contributed by atoms with Crippen LogP contribution in [-0.2, 0) is 21.8 Å². The van der Waals surface area contributed by atoms with E-state index in [0.717, 1.165) is 15.4 Å². The van der Waals surface area contributed by atoms with Gasteiger partial charge in [-0.05, 0) is 0 Å². The predicted molar refractivity (Wildman–Crippen MR) is 77.1 cm³/mol. The maximum atomic E-state index is 12.2. The Morgan fingerprint density at radius 3 is 2.53 bits per heavy atom. The number of carbonyl (C=O) groups is 1. The summed E-state index contributed by atoms with van der Waals surface area (Å²) >= 11 is 8.32. The molecule has 0 aliphatic carbocycles. The van der Waals surface area contributed by atoms with Crippen molar-refractivity contribution in [2.75, 3.05) is 5.32 Å². The Labute approximate surface area is 128 Å². The van der Waals surface area contributed by atoms with E-state index in [4.69, 9.17) is 18.2 Å². The molecule has 1 aromatic rings.